The number of rotatable bonds is 5. The Morgan fingerprint density at radius 3 is 2.70 bits per heavy atom. The van der Waals surface area contributed by atoms with E-state index in [1.165, 1.54) is 11.0 Å². The highest BCUT2D eigenvalue weighted by atomic mass is 32.2. The van der Waals surface area contributed by atoms with Crippen LogP contribution in [0.2, 0.25) is 0 Å². The fourth-order valence-electron chi connectivity index (χ4n) is 2.93. The summed E-state index contributed by atoms with van der Waals surface area (Å²) in [7, 11) is -3.09. The lowest BCUT2D eigenvalue weighted by molar-refractivity contribution is -0.140. The van der Waals surface area contributed by atoms with Crippen molar-refractivity contribution in [1.29, 1.82) is 0 Å². The van der Waals surface area contributed by atoms with E-state index in [0.717, 1.165) is 12.2 Å². The first-order valence-electron chi connectivity index (χ1n) is 7.90. The number of amides is 1. The van der Waals surface area contributed by atoms with E-state index in [0.29, 0.717) is 13.1 Å². The molecular formula is C17H21NO4S. The molecule has 2 aliphatic rings. The number of hydrogen-bond acceptors (Lipinski definition) is 4. The Kier molecular flexibility index (Phi) is 4.43. The van der Waals surface area contributed by atoms with Gasteiger partial charge in [0.15, 0.2) is 9.84 Å². The van der Waals surface area contributed by atoms with E-state index in [9.17, 15) is 13.2 Å². The standard InChI is InChI=1S/C17H21NO4S/c1-2-14-5-3-4-6-16(14)22-15-10-18(11-15)17(19)9-13-7-8-23(20,21)12-13/h3-8,13,15H,2,9-12H2,1H3/t13-/m1/s1. The first kappa shape index (κ1) is 16.1. The van der Waals surface area contributed by atoms with Gasteiger partial charge in [0.05, 0.1) is 18.8 Å². The number of para-hydroxylation sites is 1. The molecule has 1 atom stereocenters. The number of hydrogen-bond donors (Lipinski definition) is 0. The SMILES string of the molecule is CCc1ccccc1OC1CN(C(=O)C[C@H]2C=CS(=O)(=O)C2)C1. The Balaban J connectivity index is 1.47. The van der Waals surface area contributed by atoms with Crippen molar-refractivity contribution in [3.05, 3.63) is 41.3 Å². The average molecular weight is 335 g/mol. The monoisotopic (exact) mass is 335 g/mol. The van der Waals surface area contributed by atoms with Crippen LogP contribution in [0.3, 0.4) is 0 Å². The van der Waals surface area contributed by atoms with Gasteiger partial charge in [-0.3, -0.25) is 4.79 Å². The van der Waals surface area contributed by atoms with Gasteiger partial charge in [-0.2, -0.15) is 0 Å². The number of sulfone groups is 1. The minimum atomic E-state index is -3.09. The van der Waals surface area contributed by atoms with Crippen molar-refractivity contribution in [1.82, 2.24) is 4.90 Å². The molecule has 124 valence electrons. The predicted molar refractivity (Wildman–Crippen MR) is 87.8 cm³/mol. The number of carbonyl (C=O) groups excluding carboxylic acids is 1. The van der Waals surface area contributed by atoms with E-state index in [2.05, 4.69) is 6.92 Å². The van der Waals surface area contributed by atoms with Crippen LogP contribution < -0.4 is 4.74 Å². The topological polar surface area (TPSA) is 63.7 Å². The number of aryl methyl sites for hydroxylation is 1. The molecule has 3 rings (SSSR count). The summed E-state index contributed by atoms with van der Waals surface area (Å²) in [5.41, 5.74) is 1.17. The third-order valence-corrected chi connectivity index (χ3v) is 5.75. The van der Waals surface area contributed by atoms with Gasteiger partial charge in [0.25, 0.3) is 0 Å². The van der Waals surface area contributed by atoms with Gasteiger partial charge in [0, 0.05) is 17.7 Å². The Bertz CT molecular complexity index is 720. The summed E-state index contributed by atoms with van der Waals surface area (Å²) >= 11 is 0. The van der Waals surface area contributed by atoms with Crippen LogP contribution in [-0.4, -0.2) is 44.2 Å². The Morgan fingerprint density at radius 2 is 2.04 bits per heavy atom. The number of likely N-dealkylation sites (tertiary alicyclic amines) is 1. The maximum absolute atomic E-state index is 12.2. The smallest absolute Gasteiger partial charge is 0.223 e. The van der Waals surface area contributed by atoms with E-state index >= 15 is 0 Å². The van der Waals surface area contributed by atoms with Gasteiger partial charge in [-0.15, -0.1) is 0 Å². The van der Waals surface area contributed by atoms with Crippen LogP contribution in [0.15, 0.2) is 35.7 Å². The maximum atomic E-state index is 12.2. The van der Waals surface area contributed by atoms with Crippen molar-refractivity contribution in [2.75, 3.05) is 18.8 Å². The molecule has 0 saturated carbocycles. The van der Waals surface area contributed by atoms with Crippen molar-refractivity contribution in [2.45, 2.75) is 25.9 Å². The van der Waals surface area contributed by atoms with Gasteiger partial charge in [-0.05, 0) is 18.1 Å². The van der Waals surface area contributed by atoms with Gasteiger partial charge in [-0.25, -0.2) is 8.42 Å². The van der Waals surface area contributed by atoms with Gasteiger partial charge >= 0.3 is 0 Å². The molecule has 0 N–H and O–H groups in total. The first-order valence-corrected chi connectivity index (χ1v) is 9.61. The van der Waals surface area contributed by atoms with E-state index in [1.807, 2.05) is 24.3 Å². The van der Waals surface area contributed by atoms with E-state index in [1.54, 1.807) is 11.0 Å². The molecule has 5 nitrogen and oxygen atoms in total. The summed E-state index contributed by atoms with van der Waals surface area (Å²) in [5, 5.41) is 1.22. The van der Waals surface area contributed by atoms with Crippen molar-refractivity contribution in [3.8, 4) is 5.75 Å². The zero-order chi connectivity index (χ0) is 16.4. The van der Waals surface area contributed by atoms with Crippen LogP contribution in [0.5, 0.6) is 5.75 Å². The van der Waals surface area contributed by atoms with Crippen LogP contribution in [0.1, 0.15) is 18.9 Å². The molecule has 1 fully saturated rings. The summed E-state index contributed by atoms with van der Waals surface area (Å²) in [5.74, 6) is 0.752. The van der Waals surface area contributed by atoms with Crippen LogP contribution in [-0.2, 0) is 21.1 Å². The molecule has 1 saturated heterocycles. The predicted octanol–water partition coefficient (Wildman–Crippen LogP) is 1.79. The van der Waals surface area contributed by atoms with Crippen molar-refractivity contribution in [2.24, 2.45) is 5.92 Å². The van der Waals surface area contributed by atoms with Crippen molar-refractivity contribution >= 4 is 15.7 Å². The number of allylic oxidation sites excluding steroid dienone is 1. The summed E-state index contributed by atoms with van der Waals surface area (Å²) in [6.45, 7) is 3.22. The van der Waals surface area contributed by atoms with E-state index in [4.69, 9.17) is 4.74 Å². The molecule has 1 amide bonds. The normalized spacial score (nSPS) is 22.8. The summed E-state index contributed by atoms with van der Waals surface area (Å²) in [6, 6.07) is 7.94. The number of carbonyl (C=O) groups is 1. The molecule has 0 bridgehead atoms. The largest absolute Gasteiger partial charge is 0.486 e. The Labute approximate surface area is 136 Å². The van der Waals surface area contributed by atoms with Gasteiger partial charge in [0.2, 0.25) is 5.91 Å². The second-order valence-corrected chi connectivity index (χ2v) is 8.05. The highest BCUT2D eigenvalue weighted by Gasteiger charge is 2.34. The number of benzene rings is 1. The second kappa shape index (κ2) is 6.35. The highest BCUT2D eigenvalue weighted by molar-refractivity contribution is 7.94. The van der Waals surface area contributed by atoms with E-state index < -0.39 is 9.84 Å². The first-order chi connectivity index (χ1) is 11.0. The minimum Gasteiger partial charge on any atom is -0.486 e. The molecule has 0 unspecified atom stereocenters. The zero-order valence-electron chi connectivity index (χ0n) is 13.1. The van der Waals surface area contributed by atoms with Crippen molar-refractivity contribution in [3.63, 3.8) is 0 Å². The lowest BCUT2D eigenvalue weighted by Gasteiger charge is -2.39. The van der Waals surface area contributed by atoms with Crippen molar-refractivity contribution < 1.29 is 17.9 Å². The molecule has 1 aromatic carbocycles. The van der Waals surface area contributed by atoms with Crippen LogP contribution in [0.4, 0.5) is 0 Å². The molecule has 1 aromatic rings. The van der Waals surface area contributed by atoms with Gasteiger partial charge in [0.1, 0.15) is 11.9 Å². The Morgan fingerprint density at radius 1 is 1.30 bits per heavy atom. The lowest BCUT2D eigenvalue weighted by Crippen LogP contribution is -2.56. The molecule has 6 heteroatoms. The molecule has 0 radical (unpaired) electrons. The zero-order valence-corrected chi connectivity index (χ0v) is 14.0. The van der Waals surface area contributed by atoms with E-state index in [-0.39, 0.29) is 30.1 Å². The number of nitrogens with zero attached hydrogens (tertiary/aromatic N) is 1. The average Bonchev–Trinajstić information content (AvgIpc) is 2.81. The minimum absolute atomic E-state index is 0.000349. The molecule has 0 spiro atoms. The molecule has 23 heavy (non-hydrogen) atoms. The summed E-state index contributed by atoms with van der Waals surface area (Å²) in [4.78, 5) is 13.9. The van der Waals surface area contributed by atoms with Crippen LogP contribution in [0.25, 0.3) is 0 Å². The third-order valence-electron chi connectivity index (χ3n) is 4.29. The van der Waals surface area contributed by atoms with Gasteiger partial charge < -0.3 is 9.64 Å². The molecule has 2 aliphatic heterocycles. The second-order valence-electron chi connectivity index (χ2n) is 6.12. The number of ether oxygens (including phenoxy) is 1. The summed E-state index contributed by atoms with van der Waals surface area (Å²) in [6.07, 6.45) is 2.81. The molecule has 0 aromatic heterocycles. The maximum Gasteiger partial charge on any atom is 0.223 e. The Hall–Kier alpha value is -1.82. The molecular weight excluding hydrogens is 314 g/mol. The third kappa shape index (κ3) is 3.75. The van der Waals surface area contributed by atoms with Crippen LogP contribution >= 0.6 is 0 Å². The highest BCUT2D eigenvalue weighted by Crippen LogP contribution is 2.25. The fourth-order valence-corrected chi connectivity index (χ4v) is 4.33. The van der Waals surface area contributed by atoms with Crippen LogP contribution in [0, 0.1) is 5.92 Å². The lowest BCUT2D eigenvalue weighted by atomic mass is 10.0. The molecule has 0 aliphatic carbocycles. The summed E-state index contributed by atoms with van der Waals surface area (Å²) < 4.78 is 28.7. The molecule has 2 heterocycles. The van der Waals surface area contributed by atoms with Gasteiger partial charge in [-0.1, -0.05) is 31.2 Å². The fraction of sp³-hybridized carbons (Fsp3) is 0.471. The quantitative estimate of drug-likeness (QED) is 0.823.